The molecule has 0 amide bonds. The fraction of sp³-hybridized carbons (Fsp3) is 0.647. The second kappa shape index (κ2) is 7.16. The van der Waals surface area contributed by atoms with Gasteiger partial charge in [0, 0.05) is 11.6 Å². The average molecular weight is 281 g/mol. The Labute approximate surface area is 120 Å². The molecular weight excluding hydrogens is 256 g/mol. The third-order valence-electron chi connectivity index (χ3n) is 4.41. The van der Waals surface area contributed by atoms with Crippen LogP contribution in [0.25, 0.3) is 0 Å². The Morgan fingerprint density at radius 2 is 1.90 bits per heavy atom. The molecule has 1 nitrogen and oxygen atoms in total. The van der Waals surface area contributed by atoms with E-state index in [1.165, 1.54) is 44.2 Å². The summed E-state index contributed by atoms with van der Waals surface area (Å²) in [6, 6.07) is 2.69. The minimum Gasteiger partial charge on any atom is -0.310 e. The molecule has 112 valence electrons. The van der Waals surface area contributed by atoms with Crippen LogP contribution in [0.3, 0.4) is 0 Å². The molecule has 2 rings (SSSR count). The number of hydrogen-bond acceptors (Lipinski definition) is 1. The van der Waals surface area contributed by atoms with Crippen LogP contribution in [0.1, 0.15) is 62.6 Å². The lowest BCUT2D eigenvalue weighted by Gasteiger charge is -2.28. The zero-order valence-corrected chi connectivity index (χ0v) is 12.5. The summed E-state index contributed by atoms with van der Waals surface area (Å²) in [5.41, 5.74) is 0.755. The lowest BCUT2D eigenvalue weighted by molar-refractivity contribution is 0.294. The van der Waals surface area contributed by atoms with Gasteiger partial charge in [-0.1, -0.05) is 45.1 Å². The Kier molecular flexibility index (Phi) is 5.53. The predicted molar refractivity (Wildman–Crippen MR) is 78.7 cm³/mol. The first kappa shape index (κ1) is 15.4. The zero-order valence-electron chi connectivity index (χ0n) is 12.5. The number of halogens is 2. The van der Waals surface area contributed by atoms with Gasteiger partial charge in [-0.15, -0.1) is 0 Å². The van der Waals surface area contributed by atoms with Crippen LogP contribution in [0.4, 0.5) is 8.78 Å². The highest BCUT2D eigenvalue weighted by Crippen LogP contribution is 2.34. The third kappa shape index (κ3) is 3.57. The highest BCUT2D eigenvalue weighted by Gasteiger charge is 2.25. The van der Waals surface area contributed by atoms with Crippen molar-refractivity contribution in [1.29, 1.82) is 0 Å². The molecule has 0 bridgehead atoms. The van der Waals surface area contributed by atoms with Crippen molar-refractivity contribution in [3.8, 4) is 0 Å². The summed E-state index contributed by atoms with van der Waals surface area (Å²) in [7, 11) is 0. The van der Waals surface area contributed by atoms with Crippen LogP contribution in [-0.4, -0.2) is 6.54 Å². The first-order valence-corrected chi connectivity index (χ1v) is 7.81. The van der Waals surface area contributed by atoms with E-state index in [2.05, 4.69) is 5.32 Å². The van der Waals surface area contributed by atoms with Gasteiger partial charge in [0.2, 0.25) is 0 Å². The molecule has 0 spiro atoms. The highest BCUT2D eigenvalue weighted by atomic mass is 19.1. The Morgan fingerprint density at radius 3 is 2.55 bits per heavy atom. The van der Waals surface area contributed by atoms with E-state index in [0.29, 0.717) is 11.5 Å². The highest BCUT2D eigenvalue weighted by molar-refractivity contribution is 5.29. The fourth-order valence-corrected chi connectivity index (χ4v) is 3.30. The summed E-state index contributed by atoms with van der Waals surface area (Å²) in [4.78, 5) is 0. The second-order valence-corrected chi connectivity index (χ2v) is 5.94. The van der Waals surface area contributed by atoms with Crippen molar-refractivity contribution in [1.82, 2.24) is 5.32 Å². The summed E-state index contributed by atoms with van der Waals surface area (Å²) in [5.74, 6) is -0.214. The molecule has 20 heavy (non-hydrogen) atoms. The Bertz CT molecular complexity index is 439. The van der Waals surface area contributed by atoms with Gasteiger partial charge < -0.3 is 5.32 Å². The van der Waals surface area contributed by atoms with Gasteiger partial charge in [-0.2, -0.15) is 0 Å². The van der Waals surface area contributed by atoms with Crippen LogP contribution in [0.5, 0.6) is 0 Å². The fourth-order valence-electron chi connectivity index (χ4n) is 3.30. The first-order valence-electron chi connectivity index (χ1n) is 7.81. The van der Waals surface area contributed by atoms with Crippen LogP contribution < -0.4 is 5.32 Å². The third-order valence-corrected chi connectivity index (χ3v) is 4.41. The number of nitrogens with one attached hydrogen (secondary N) is 1. The molecule has 1 fully saturated rings. The molecule has 0 saturated heterocycles. The van der Waals surface area contributed by atoms with Gasteiger partial charge in [0.05, 0.1) is 0 Å². The minimum absolute atomic E-state index is 0.206. The van der Waals surface area contributed by atoms with Gasteiger partial charge in [0.15, 0.2) is 0 Å². The van der Waals surface area contributed by atoms with Crippen LogP contribution in [0, 0.1) is 24.5 Å². The predicted octanol–water partition coefficient (Wildman–Crippen LogP) is 4.89. The van der Waals surface area contributed by atoms with Crippen molar-refractivity contribution >= 4 is 0 Å². The summed E-state index contributed by atoms with van der Waals surface area (Å²) < 4.78 is 28.4. The maximum absolute atomic E-state index is 14.3. The average Bonchev–Trinajstić information content (AvgIpc) is 2.45. The van der Waals surface area contributed by atoms with E-state index in [1.54, 1.807) is 6.92 Å². The van der Waals surface area contributed by atoms with Crippen molar-refractivity contribution in [2.45, 2.75) is 58.4 Å². The molecule has 1 aromatic rings. The van der Waals surface area contributed by atoms with Crippen molar-refractivity contribution in [3.05, 3.63) is 34.9 Å². The second-order valence-electron chi connectivity index (χ2n) is 5.94. The van der Waals surface area contributed by atoms with E-state index >= 15 is 0 Å². The van der Waals surface area contributed by atoms with E-state index in [0.717, 1.165) is 13.0 Å². The molecule has 1 N–H and O–H groups in total. The number of rotatable bonds is 5. The molecule has 0 heterocycles. The largest absolute Gasteiger partial charge is 0.310 e. The molecule has 0 radical (unpaired) electrons. The molecule has 0 aromatic heterocycles. The Balaban J connectivity index is 2.21. The normalized spacial score (nSPS) is 18.2. The molecule has 1 aromatic carbocycles. The Hall–Kier alpha value is -0.960. The molecule has 1 atom stereocenters. The van der Waals surface area contributed by atoms with Gasteiger partial charge >= 0.3 is 0 Å². The van der Waals surface area contributed by atoms with Crippen LogP contribution in [0.2, 0.25) is 0 Å². The van der Waals surface area contributed by atoms with Crippen molar-refractivity contribution in [2.75, 3.05) is 6.54 Å². The van der Waals surface area contributed by atoms with Crippen molar-refractivity contribution in [2.24, 2.45) is 5.92 Å². The zero-order chi connectivity index (χ0) is 14.5. The number of aryl methyl sites for hydroxylation is 1. The molecule has 1 aliphatic carbocycles. The minimum atomic E-state index is -0.421. The lowest BCUT2D eigenvalue weighted by atomic mass is 9.83. The standard InChI is InChI=1S/C17H25F2N/c1-3-20-15(11-13-7-5-4-6-8-13)16-14(18)10-9-12(2)17(16)19/h9-10,13,15,20H,3-8,11H2,1-2H3. The van der Waals surface area contributed by atoms with Crippen LogP contribution >= 0.6 is 0 Å². The quantitative estimate of drug-likeness (QED) is 0.810. The maximum atomic E-state index is 14.3. The van der Waals surface area contributed by atoms with E-state index in [9.17, 15) is 8.78 Å². The molecular formula is C17H25F2N. The number of benzene rings is 1. The van der Waals surface area contributed by atoms with Gasteiger partial charge in [-0.3, -0.25) is 0 Å². The molecule has 1 unspecified atom stereocenters. The summed E-state index contributed by atoms with van der Waals surface area (Å²) in [5, 5.41) is 3.28. The van der Waals surface area contributed by atoms with Gasteiger partial charge in [0.25, 0.3) is 0 Å². The smallest absolute Gasteiger partial charge is 0.133 e. The van der Waals surface area contributed by atoms with Crippen LogP contribution in [-0.2, 0) is 0 Å². The summed E-state index contributed by atoms with van der Waals surface area (Å²) in [6.45, 7) is 4.41. The van der Waals surface area contributed by atoms with Gasteiger partial charge in [-0.25, -0.2) is 8.78 Å². The molecule has 1 aliphatic rings. The van der Waals surface area contributed by atoms with Crippen molar-refractivity contribution < 1.29 is 8.78 Å². The maximum Gasteiger partial charge on any atom is 0.133 e. The number of hydrogen-bond donors (Lipinski definition) is 1. The lowest BCUT2D eigenvalue weighted by Crippen LogP contribution is -2.26. The van der Waals surface area contributed by atoms with E-state index < -0.39 is 5.82 Å². The monoisotopic (exact) mass is 281 g/mol. The summed E-state index contributed by atoms with van der Waals surface area (Å²) >= 11 is 0. The summed E-state index contributed by atoms with van der Waals surface area (Å²) in [6.07, 6.45) is 7.03. The van der Waals surface area contributed by atoms with Crippen molar-refractivity contribution in [3.63, 3.8) is 0 Å². The molecule has 0 aliphatic heterocycles. The SMILES string of the molecule is CCNC(CC1CCCCC1)c1c(F)ccc(C)c1F. The van der Waals surface area contributed by atoms with Gasteiger partial charge in [-0.05, 0) is 37.4 Å². The Morgan fingerprint density at radius 1 is 1.20 bits per heavy atom. The topological polar surface area (TPSA) is 12.0 Å². The molecule has 1 saturated carbocycles. The molecule has 3 heteroatoms. The van der Waals surface area contributed by atoms with E-state index in [-0.39, 0.29) is 17.4 Å². The van der Waals surface area contributed by atoms with E-state index in [1.807, 2.05) is 6.92 Å². The van der Waals surface area contributed by atoms with E-state index in [4.69, 9.17) is 0 Å². The van der Waals surface area contributed by atoms with Crippen LogP contribution in [0.15, 0.2) is 12.1 Å². The first-order chi connectivity index (χ1) is 9.63. The van der Waals surface area contributed by atoms with Gasteiger partial charge in [0.1, 0.15) is 11.6 Å².